The number of amides is 1. The summed E-state index contributed by atoms with van der Waals surface area (Å²) in [5, 5.41) is 3.75. The van der Waals surface area contributed by atoms with E-state index in [0.29, 0.717) is 11.2 Å². The topological polar surface area (TPSA) is 53.2 Å². The van der Waals surface area contributed by atoms with Gasteiger partial charge in [-0.05, 0) is 43.3 Å². The second-order valence-electron chi connectivity index (χ2n) is 5.04. The van der Waals surface area contributed by atoms with Gasteiger partial charge in [-0.15, -0.1) is 0 Å². The average molecular weight is 342 g/mol. The van der Waals surface area contributed by atoms with Gasteiger partial charge in [0, 0.05) is 17.7 Å². The van der Waals surface area contributed by atoms with Gasteiger partial charge < -0.3 is 5.32 Å². The van der Waals surface area contributed by atoms with Crippen molar-refractivity contribution in [2.45, 2.75) is 31.7 Å². The Morgan fingerprint density at radius 2 is 2.05 bits per heavy atom. The van der Waals surface area contributed by atoms with Crippen molar-refractivity contribution in [3.05, 3.63) is 40.7 Å². The normalized spacial score (nSPS) is 15.0. The van der Waals surface area contributed by atoms with Gasteiger partial charge in [0.15, 0.2) is 5.11 Å². The van der Waals surface area contributed by atoms with Crippen molar-refractivity contribution in [1.29, 1.82) is 0 Å². The van der Waals surface area contributed by atoms with E-state index in [-0.39, 0.29) is 10.6 Å². The lowest BCUT2D eigenvalue weighted by molar-refractivity contribution is -0.116. The van der Waals surface area contributed by atoms with Crippen LogP contribution in [-0.4, -0.2) is 17.1 Å². The van der Waals surface area contributed by atoms with Crippen LogP contribution < -0.4 is 16.2 Å². The van der Waals surface area contributed by atoms with Crippen molar-refractivity contribution in [1.82, 2.24) is 16.2 Å². The quantitative estimate of drug-likeness (QED) is 0.449. The van der Waals surface area contributed by atoms with Crippen LogP contribution in [0.2, 0.25) is 5.02 Å². The maximum absolute atomic E-state index is 13.5. The minimum absolute atomic E-state index is 0.172. The minimum Gasteiger partial charge on any atom is -0.359 e. The SMILES string of the molecule is O=C(/C=C/c1c(F)cccc1Cl)NNC(=S)NC1CCCC1. The lowest BCUT2D eigenvalue weighted by Gasteiger charge is -2.15. The molecule has 4 nitrogen and oxygen atoms in total. The van der Waals surface area contributed by atoms with Gasteiger partial charge in [0.1, 0.15) is 5.82 Å². The predicted octanol–water partition coefficient (Wildman–Crippen LogP) is 2.93. The Kier molecular flexibility index (Phi) is 6.15. The van der Waals surface area contributed by atoms with Crippen LogP contribution in [0.15, 0.2) is 24.3 Å². The second-order valence-corrected chi connectivity index (χ2v) is 5.85. The fourth-order valence-corrected chi connectivity index (χ4v) is 2.72. The first-order valence-electron chi connectivity index (χ1n) is 7.05. The van der Waals surface area contributed by atoms with Gasteiger partial charge in [-0.1, -0.05) is 30.5 Å². The van der Waals surface area contributed by atoms with Crippen LogP contribution in [0.4, 0.5) is 4.39 Å². The molecule has 1 aliphatic rings. The fourth-order valence-electron chi connectivity index (χ4n) is 2.28. The van der Waals surface area contributed by atoms with E-state index in [9.17, 15) is 9.18 Å². The summed E-state index contributed by atoms with van der Waals surface area (Å²) < 4.78 is 13.5. The van der Waals surface area contributed by atoms with Gasteiger partial charge in [0.25, 0.3) is 5.91 Å². The van der Waals surface area contributed by atoms with E-state index in [0.717, 1.165) is 12.8 Å². The fraction of sp³-hybridized carbons (Fsp3) is 0.333. The molecule has 0 heterocycles. The Balaban J connectivity index is 1.80. The Hall–Kier alpha value is -1.66. The average Bonchev–Trinajstić information content (AvgIpc) is 2.97. The molecule has 0 aromatic heterocycles. The second kappa shape index (κ2) is 8.10. The van der Waals surface area contributed by atoms with Crippen molar-refractivity contribution >= 4 is 40.9 Å². The molecule has 0 saturated heterocycles. The number of hydrogen-bond acceptors (Lipinski definition) is 2. The van der Waals surface area contributed by atoms with Crippen LogP contribution in [0.25, 0.3) is 6.08 Å². The summed E-state index contributed by atoms with van der Waals surface area (Å²) >= 11 is 11.0. The zero-order valence-corrected chi connectivity index (χ0v) is 13.4. The number of hydrazine groups is 1. The summed E-state index contributed by atoms with van der Waals surface area (Å²) in [7, 11) is 0. The molecule has 22 heavy (non-hydrogen) atoms. The molecule has 1 amide bonds. The van der Waals surface area contributed by atoms with Gasteiger partial charge in [0.05, 0.1) is 5.02 Å². The molecule has 0 bridgehead atoms. The van der Waals surface area contributed by atoms with Crippen molar-refractivity contribution in [2.24, 2.45) is 0 Å². The Morgan fingerprint density at radius 3 is 2.73 bits per heavy atom. The van der Waals surface area contributed by atoms with Gasteiger partial charge in [-0.3, -0.25) is 15.6 Å². The van der Waals surface area contributed by atoms with Gasteiger partial charge >= 0.3 is 0 Å². The number of hydrogen-bond donors (Lipinski definition) is 3. The molecule has 0 spiro atoms. The summed E-state index contributed by atoms with van der Waals surface area (Å²) in [5.41, 5.74) is 5.21. The van der Waals surface area contributed by atoms with Crippen molar-refractivity contribution in [2.75, 3.05) is 0 Å². The molecule has 3 N–H and O–H groups in total. The maximum Gasteiger partial charge on any atom is 0.262 e. The molecule has 1 aliphatic carbocycles. The third kappa shape index (κ3) is 4.96. The van der Waals surface area contributed by atoms with Gasteiger partial charge in [-0.25, -0.2) is 4.39 Å². The van der Waals surface area contributed by atoms with Crippen LogP contribution >= 0.6 is 23.8 Å². The van der Waals surface area contributed by atoms with Crippen LogP contribution in [0, 0.1) is 5.82 Å². The lowest BCUT2D eigenvalue weighted by Crippen LogP contribution is -2.48. The smallest absolute Gasteiger partial charge is 0.262 e. The predicted molar refractivity (Wildman–Crippen MR) is 89.7 cm³/mol. The maximum atomic E-state index is 13.5. The van der Waals surface area contributed by atoms with Crippen molar-refractivity contribution < 1.29 is 9.18 Å². The zero-order chi connectivity index (χ0) is 15.9. The molecule has 1 aromatic rings. The Labute approximate surface area is 139 Å². The highest BCUT2D eigenvalue weighted by Gasteiger charge is 2.15. The van der Waals surface area contributed by atoms with Crippen LogP contribution in [0.3, 0.4) is 0 Å². The molecule has 1 saturated carbocycles. The standard InChI is InChI=1S/C15H17ClFN3OS/c16-12-6-3-7-13(17)11(12)8-9-14(21)19-20-15(22)18-10-4-1-2-5-10/h3,6-10H,1-2,4-5H2,(H,19,21)(H2,18,20,22)/b9-8+. The number of benzene rings is 1. The third-order valence-corrected chi connectivity index (χ3v) is 3.94. The molecular formula is C15H17ClFN3OS. The molecule has 2 rings (SSSR count). The Bertz CT molecular complexity index is 568. The monoisotopic (exact) mass is 341 g/mol. The zero-order valence-electron chi connectivity index (χ0n) is 11.9. The first kappa shape index (κ1) is 16.7. The molecule has 118 valence electrons. The summed E-state index contributed by atoms with van der Waals surface area (Å²) in [4.78, 5) is 11.7. The van der Waals surface area contributed by atoms with E-state index >= 15 is 0 Å². The molecular weight excluding hydrogens is 325 g/mol. The summed E-state index contributed by atoms with van der Waals surface area (Å²) in [6.45, 7) is 0. The number of carbonyl (C=O) groups is 1. The molecule has 0 aliphatic heterocycles. The number of rotatable bonds is 3. The summed E-state index contributed by atoms with van der Waals surface area (Å²) in [6, 6.07) is 4.71. The van der Waals surface area contributed by atoms with Crippen molar-refractivity contribution in [3.63, 3.8) is 0 Å². The summed E-state index contributed by atoms with van der Waals surface area (Å²) in [5.74, 6) is -0.933. The van der Waals surface area contributed by atoms with Crippen LogP contribution in [0.5, 0.6) is 0 Å². The van der Waals surface area contributed by atoms with Crippen molar-refractivity contribution in [3.8, 4) is 0 Å². The molecule has 1 fully saturated rings. The minimum atomic E-state index is -0.483. The van der Waals surface area contributed by atoms with Gasteiger partial charge in [-0.2, -0.15) is 0 Å². The molecule has 7 heteroatoms. The highest BCUT2D eigenvalue weighted by molar-refractivity contribution is 7.80. The van der Waals surface area contributed by atoms with E-state index in [2.05, 4.69) is 16.2 Å². The van der Waals surface area contributed by atoms with Crippen LogP contribution in [0.1, 0.15) is 31.2 Å². The molecule has 0 radical (unpaired) electrons. The number of halogens is 2. The number of carbonyl (C=O) groups excluding carboxylic acids is 1. The van der Waals surface area contributed by atoms with E-state index in [4.69, 9.17) is 23.8 Å². The van der Waals surface area contributed by atoms with Crippen LogP contribution in [-0.2, 0) is 4.79 Å². The summed E-state index contributed by atoms with van der Waals surface area (Å²) in [6.07, 6.45) is 7.07. The highest BCUT2D eigenvalue weighted by atomic mass is 35.5. The van der Waals surface area contributed by atoms with E-state index in [1.165, 1.54) is 37.1 Å². The highest BCUT2D eigenvalue weighted by Crippen LogP contribution is 2.20. The molecule has 1 aromatic carbocycles. The van der Waals surface area contributed by atoms with Gasteiger partial charge in [0.2, 0.25) is 0 Å². The molecule has 0 unspecified atom stereocenters. The van der Waals surface area contributed by atoms with E-state index in [1.807, 2.05) is 0 Å². The molecule has 0 atom stereocenters. The first-order chi connectivity index (χ1) is 10.6. The number of nitrogens with one attached hydrogen (secondary N) is 3. The first-order valence-corrected chi connectivity index (χ1v) is 7.83. The number of thiocarbonyl (C=S) groups is 1. The van der Waals surface area contributed by atoms with E-state index < -0.39 is 11.7 Å². The largest absolute Gasteiger partial charge is 0.359 e. The van der Waals surface area contributed by atoms with E-state index in [1.54, 1.807) is 6.07 Å². The third-order valence-electron chi connectivity index (χ3n) is 3.39. The lowest BCUT2D eigenvalue weighted by atomic mass is 10.2. The Morgan fingerprint density at radius 1 is 1.32 bits per heavy atom.